The molecule has 4 nitrogen and oxygen atoms in total. The van der Waals surface area contributed by atoms with Crippen LogP contribution >= 0.6 is 0 Å². The van der Waals surface area contributed by atoms with E-state index in [1.165, 1.54) is 12.8 Å². The van der Waals surface area contributed by atoms with Crippen molar-refractivity contribution in [2.75, 3.05) is 13.2 Å². The SMILES string of the molecule is CC(C)(C)OCCOC(=O)C1(N)CCCCCC1. The molecule has 0 bridgehead atoms. The number of nitrogens with two attached hydrogens (primary N) is 1. The number of rotatable bonds is 4. The van der Waals surface area contributed by atoms with Crippen LogP contribution < -0.4 is 5.73 Å². The Hall–Kier alpha value is -0.610. The molecule has 106 valence electrons. The third-order valence-electron chi connectivity index (χ3n) is 3.25. The Morgan fingerprint density at radius 3 is 2.17 bits per heavy atom. The Morgan fingerprint density at radius 2 is 1.67 bits per heavy atom. The fourth-order valence-electron chi connectivity index (χ4n) is 2.19. The van der Waals surface area contributed by atoms with Crippen molar-refractivity contribution in [3.8, 4) is 0 Å². The van der Waals surface area contributed by atoms with Crippen LogP contribution in [-0.2, 0) is 14.3 Å². The van der Waals surface area contributed by atoms with Crippen LogP contribution in [0.15, 0.2) is 0 Å². The van der Waals surface area contributed by atoms with Gasteiger partial charge in [-0.25, -0.2) is 0 Å². The maximum atomic E-state index is 12.0. The topological polar surface area (TPSA) is 61.5 Å². The highest BCUT2D eigenvalue weighted by atomic mass is 16.6. The smallest absolute Gasteiger partial charge is 0.326 e. The molecular formula is C14H27NO3. The van der Waals surface area contributed by atoms with E-state index in [4.69, 9.17) is 15.2 Å². The third-order valence-corrected chi connectivity index (χ3v) is 3.25. The summed E-state index contributed by atoms with van der Waals surface area (Å²) >= 11 is 0. The summed E-state index contributed by atoms with van der Waals surface area (Å²) in [6.07, 6.45) is 5.85. The molecular weight excluding hydrogens is 230 g/mol. The molecule has 1 saturated carbocycles. The molecule has 0 aromatic heterocycles. The lowest BCUT2D eigenvalue weighted by molar-refractivity contribution is -0.153. The van der Waals surface area contributed by atoms with Crippen molar-refractivity contribution in [3.63, 3.8) is 0 Å². The fraction of sp³-hybridized carbons (Fsp3) is 0.929. The first-order valence-corrected chi connectivity index (χ1v) is 6.94. The summed E-state index contributed by atoms with van der Waals surface area (Å²) in [4.78, 5) is 12.0. The number of carbonyl (C=O) groups is 1. The Balaban J connectivity index is 2.30. The van der Waals surface area contributed by atoms with Gasteiger partial charge in [-0.05, 0) is 33.6 Å². The largest absolute Gasteiger partial charge is 0.462 e. The van der Waals surface area contributed by atoms with Gasteiger partial charge >= 0.3 is 5.97 Å². The van der Waals surface area contributed by atoms with Gasteiger partial charge in [0.1, 0.15) is 12.1 Å². The molecule has 0 radical (unpaired) electrons. The second kappa shape index (κ2) is 6.53. The van der Waals surface area contributed by atoms with Crippen molar-refractivity contribution in [2.24, 2.45) is 5.73 Å². The molecule has 1 fully saturated rings. The minimum Gasteiger partial charge on any atom is -0.462 e. The molecule has 4 heteroatoms. The van der Waals surface area contributed by atoms with Gasteiger partial charge in [0.2, 0.25) is 0 Å². The first-order valence-electron chi connectivity index (χ1n) is 6.94. The first-order chi connectivity index (χ1) is 8.33. The normalized spacial score (nSPS) is 20.2. The molecule has 18 heavy (non-hydrogen) atoms. The minimum absolute atomic E-state index is 0.199. The van der Waals surface area contributed by atoms with Crippen LogP contribution in [0.3, 0.4) is 0 Å². The second-order valence-corrected chi connectivity index (χ2v) is 6.17. The average molecular weight is 257 g/mol. The van der Waals surface area contributed by atoms with Gasteiger partial charge in [0, 0.05) is 0 Å². The maximum Gasteiger partial charge on any atom is 0.326 e. The lowest BCUT2D eigenvalue weighted by Gasteiger charge is -2.26. The fourth-order valence-corrected chi connectivity index (χ4v) is 2.19. The standard InChI is InChI=1S/C14H27NO3/c1-13(2,3)18-11-10-17-12(16)14(15)8-6-4-5-7-9-14/h4-11,15H2,1-3H3. The molecule has 1 aliphatic rings. The average Bonchev–Trinajstić information content (AvgIpc) is 2.49. The highest BCUT2D eigenvalue weighted by Gasteiger charge is 2.35. The zero-order valence-corrected chi connectivity index (χ0v) is 12.0. The minimum atomic E-state index is -0.766. The molecule has 2 N–H and O–H groups in total. The molecule has 0 aromatic rings. The number of esters is 1. The lowest BCUT2D eigenvalue weighted by atomic mass is 9.92. The van der Waals surface area contributed by atoms with Gasteiger partial charge in [-0.15, -0.1) is 0 Å². The van der Waals surface area contributed by atoms with Gasteiger partial charge in [-0.1, -0.05) is 25.7 Å². The molecule has 0 aromatic carbocycles. The van der Waals surface area contributed by atoms with Gasteiger partial charge in [-0.3, -0.25) is 4.79 Å². The van der Waals surface area contributed by atoms with E-state index in [-0.39, 0.29) is 18.2 Å². The number of hydrogen-bond acceptors (Lipinski definition) is 4. The number of ether oxygens (including phenoxy) is 2. The Bertz CT molecular complexity index is 263. The summed E-state index contributed by atoms with van der Waals surface area (Å²) < 4.78 is 10.8. The summed E-state index contributed by atoms with van der Waals surface area (Å²) in [5.41, 5.74) is 5.19. The number of carbonyl (C=O) groups excluding carboxylic acids is 1. The lowest BCUT2D eigenvalue weighted by Crippen LogP contribution is -2.48. The maximum absolute atomic E-state index is 12.0. The Kier molecular flexibility index (Phi) is 5.60. The quantitative estimate of drug-likeness (QED) is 0.477. The monoisotopic (exact) mass is 257 g/mol. The summed E-state index contributed by atoms with van der Waals surface area (Å²) in [6.45, 7) is 6.64. The van der Waals surface area contributed by atoms with Crippen molar-refractivity contribution in [1.29, 1.82) is 0 Å². The predicted octanol–water partition coefficient (Wildman–Crippen LogP) is 2.40. The molecule has 0 atom stereocenters. The van der Waals surface area contributed by atoms with E-state index in [0.29, 0.717) is 6.61 Å². The highest BCUT2D eigenvalue weighted by molar-refractivity contribution is 5.80. The third kappa shape index (κ3) is 5.36. The van der Waals surface area contributed by atoms with Gasteiger partial charge in [-0.2, -0.15) is 0 Å². The van der Waals surface area contributed by atoms with Crippen LogP contribution in [0.2, 0.25) is 0 Å². The van der Waals surface area contributed by atoms with Crippen LogP contribution in [-0.4, -0.2) is 30.3 Å². The van der Waals surface area contributed by atoms with Gasteiger partial charge < -0.3 is 15.2 Å². The van der Waals surface area contributed by atoms with E-state index in [1.54, 1.807) is 0 Å². The van der Waals surface area contributed by atoms with Crippen LogP contribution in [0, 0.1) is 0 Å². The second-order valence-electron chi connectivity index (χ2n) is 6.17. The van der Waals surface area contributed by atoms with Crippen LogP contribution in [0.25, 0.3) is 0 Å². The molecule has 0 amide bonds. The van der Waals surface area contributed by atoms with Crippen LogP contribution in [0.5, 0.6) is 0 Å². The molecule has 0 unspecified atom stereocenters. The number of hydrogen-bond donors (Lipinski definition) is 1. The summed E-state index contributed by atoms with van der Waals surface area (Å²) in [7, 11) is 0. The van der Waals surface area contributed by atoms with Crippen molar-refractivity contribution in [1.82, 2.24) is 0 Å². The summed E-state index contributed by atoms with van der Waals surface area (Å²) in [6, 6.07) is 0. The first kappa shape index (κ1) is 15.4. The van der Waals surface area contributed by atoms with E-state index in [0.717, 1.165) is 25.7 Å². The zero-order valence-electron chi connectivity index (χ0n) is 12.0. The van der Waals surface area contributed by atoms with Gasteiger partial charge in [0.25, 0.3) is 0 Å². The summed E-state index contributed by atoms with van der Waals surface area (Å²) in [5, 5.41) is 0. The molecule has 0 heterocycles. The van der Waals surface area contributed by atoms with Crippen molar-refractivity contribution >= 4 is 5.97 Å². The molecule has 1 aliphatic carbocycles. The summed E-state index contributed by atoms with van der Waals surface area (Å²) in [5.74, 6) is -0.262. The van der Waals surface area contributed by atoms with E-state index in [2.05, 4.69) is 0 Å². The van der Waals surface area contributed by atoms with Crippen molar-refractivity contribution < 1.29 is 14.3 Å². The van der Waals surface area contributed by atoms with E-state index < -0.39 is 5.54 Å². The highest BCUT2D eigenvalue weighted by Crippen LogP contribution is 2.26. The molecule has 0 aliphatic heterocycles. The predicted molar refractivity (Wildman–Crippen MR) is 71.3 cm³/mol. The van der Waals surface area contributed by atoms with E-state index in [9.17, 15) is 4.79 Å². The Labute approximate surface area is 110 Å². The van der Waals surface area contributed by atoms with Gasteiger partial charge in [0.15, 0.2) is 0 Å². The van der Waals surface area contributed by atoms with Crippen molar-refractivity contribution in [2.45, 2.75) is 70.4 Å². The zero-order chi connectivity index (χ0) is 13.6. The van der Waals surface area contributed by atoms with Crippen LogP contribution in [0.4, 0.5) is 0 Å². The van der Waals surface area contributed by atoms with Gasteiger partial charge in [0.05, 0.1) is 12.2 Å². The molecule has 0 spiro atoms. The van der Waals surface area contributed by atoms with E-state index in [1.807, 2.05) is 20.8 Å². The van der Waals surface area contributed by atoms with Crippen molar-refractivity contribution in [3.05, 3.63) is 0 Å². The molecule has 0 saturated heterocycles. The molecule has 1 rings (SSSR count). The van der Waals surface area contributed by atoms with E-state index >= 15 is 0 Å². The van der Waals surface area contributed by atoms with Crippen LogP contribution in [0.1, 0.15) is 59.3 Å². The Morgan fingerprint density at radius 1 is 1.11 bits per heavy atom.